The van der Waals surface area contributed by atoms with Gasteiger partial charge in [-0.25, -0.2) is 0 Å². The van der Waals surface area contributed by atoms with Gasteiger partial charge in [-0.3, -0.25) is 9.69 Å². The lowest BCUT2D eigenvalue weighted by Gasteiger charge is -2.30. The molecule has 0 saturated carbocycles. The fourth-order valence-corrected chi connectivity index (χ4v) is 2.92. The van der Waals surface area contributed by atoms with Gasteiger partial charge in [-0.05, 0) is 38.8 Å². The second-order valence-electron chi connectivity index (χ2n) is 5.13. The minimum atomic E-state index is -0.0698. The topological polar surface area (TPSA) is 29.5 Å². The minimum absolute atomic E-state index is 0.0698. The Morgan fingerprint density at radius 3 is 2.84 bits per heavy atom. The predicted molar refractivity (Wildman–Crippen MR) is 75.8 cm³/mol. The van der Waals surface area contributed by atoms with Gasteiger partial charge in [0.05, 0.1) is 13.0 Å². The summed E-state index contributed by atoms with van der Waals surface area (Å²) in [6.07, 6.45) is 2.78. The molecule has 0 spiro atoms. The second-order valence-corrected chi connectivity index (χ2v) is 5.13. The molecule has 0 radical (unpaired) electrons. The lowest BCUT2D eigenvalue weighted by molar-refractivity contribution is -0.144. The molecule has 2 rings (SSSR count). The first-order chi connectivity index (χ1) is 9.22. The summed E-state index contributed by atoms with van der Waals surface area (Å²) >= 11 is 0. The van der Waals surface area contributed by atoms with E-state index in [-0.39, 0.29) is 5.97 Å². The molecule has 1 aliphatic heterocycles. The van der Waals surface area contributed by atoms with Gasteiger partial charge in [0.15, 0.2) is 0 Å². The maximum absolute atomic E-state index is 11.7. The third-order valence-corrected chi connectivity index (χ3v) is 3.91. The zero-order chi connectivity index (χ0) is 13.7. The SMILES string of the molecule is CCOC(=O)C[C@H]1CCCN1[C@@H](C)c1ccccc1. The Labute approximate surface area is 115 Å². The zero-order valence-electron chi connectivity index (χ0n) is 11.8. The second kappa shape index (κ2) is 6.71. The lowest BCUT2D eigenvalue weighted by Crippen LogP contribution is -2.34. The zero-order valence-corrected chi connectivity index (χ0v) is 11.8. The summed E-state index contributed by atoms with van der Waals surface area (Å²) in [5.41, 5.74) is 1.32. The molecule has 1 aromatic carbocycles. The summed E-state index contributed by atoms with van der Waals surface area (Å²) in [7, 11) is 0. The highest BCUT2D eigenvalue weighted by Crippen LogP contribution is 2.30. The van der Waals surface area contributed by atoms with Crippen LogP contribution in [0.4, 0.5) is 0 Å². The molecule has 0 aromatic heterocycles. The molecular formula is C16H23NO2. The molecule has 1 aliphatic rings. The van der Waals surface area contributed by atoms with E-state index in [1.807, 2.05) is 13.0 Å². The van der Waals surface area contributed by atoms with Crippen LogP contribution in [0, 0.1) is 0 Å². The van der Waals surface area contributed by atoms with Gasteiger partial charge >= 0.3 is 5.97 Å². The highest BCUT2D eigenvalue weighted by atomic mass is 16.5. The molecule has 0 amide bonds. The van der Waals surface area contributed by atoms with Crippen LogP contribution in [0.3, 0.4) is 0 Å². The number of carbonyl (C=O) groups is 1. The van der Waals surface area contributed by atoms with Crippen LogP contribution in [0.5, 0.6) is 0 Å². The van der Waals surface area contributed by atoms with E-state index in [0.29, 0.717) is 25.1 Å². The van der Waals surface area contributed by atoms with Gasteiger partial charge in [0.1, 0.15) is 0 Å². The number of nitrogens with zero attached hydrogens (tertiary/aromatic N) is 1. The largest absolute Gasteiger partial charge is 0.466 e. The molecule has 0 aliphatic carbocycles. The van der Waals surface area contributed by atoms with Crippen LogP contribution in [0.25, 0.3) is 0 Å². The summed E-state index contributed by atoms with van der Waals surface area (Å²) in [5.74, 6) is -0.0698. The van der Waals surface area contributed by atoms with E-state index in [9.17, 15) is 4.79 Å². The number of hydrogen-bond acceptors (Lipinski definition) is 3. The summed E-state index contributed by atoms with van der Waals surface area (Å²) in [5, 5.41) is 0. The maximum Gasteiger partial charge on any atom is 0.307 e. The summed E-state index contributed by atoms with van der Waals surface area (Å²) < 4.78 is 5.07. The van der Waals surface area contributed by atoms with E-state index in [4.69, 9.17) is 4.74 Å². The first-order valence-corrected chi connectivity index (χ1v) is 7.18. The summed E-state index contributed by atoms with van der Waals surface area (Å²) in [6, 6.07) is 11.2. The van der Waals surface area contributed by atoms with Gasteiger partial charge in [-0.2, -0.15) is 0 Å². The van der Waals surface area contributed by atoms with E-state index < -0.39 is 0 Å². The molecule has 3 nitrogen and oxygen atoms in total. The Morgan fingerprint density at radius 1 is 1.42 bits per heavy atom. The van der Waals surface area contributed by atoms with Crippen LogP contribution in [-0.4, -0.2) is 30.1 Å². The number of esters is 1. The molecule has 3 heteroatoms. The van der Waals surface area contributed by atoms with E-state index >= 15 is 0 Å². The van der Waals surface area contributed by atoms with Gasteiger partial charge < -0.3 is 4.74 Å². The van der Waals surface area contributed by atoms with Crippen molar-refractivity contribution >= 4 is 5.97 Å². The van der Waals surface area contributed by atoms with Gasteiger partial charge in [-0.1, -0.05) is 30.3 Å². The molecule has 1 fully saturated rings. The first-order valence-electron chi connectivity index (χ1n) is 7.18. The Bertz CT molecular complexity index is 404. The minimum Gasteiger partial charge on any atom is -0.466 e. The molecule has 1 heterocycles. The van der Waals surface area contributed by atoms with Crippen LogP contribution < -0.4 is 0 Å². The van der Waals surface area contributed by atoms with Gasteiger partial charge in [-0.15, -0.1) is 0 Å². The van der Waals surface area contributed by atoms with Crippen LogP contribution in [0.15, 0.2) is 30.3 Å². The van der Waals surface area contributed by atoms with Crippen molar-refractivity contribution in [3.63, 3.8) is 0 Å². The van der Waals surface area contributed by atoms with Crippen molar-refractivity contribution < 1.29 is 9.53 Å². The number of ether oxygens (including phenoxy) is 1. The fourth-order valence-electron chi connectivity index (χ4n) is 2.92. The van der Waals surface area contributed by atoms with Crippen molar-refractivity contribution in [3.05, 3.63) is 35.9 Å². The van der Waals surface area contributed by atoms with Crippen molar-refractivity contribution in [2.45, 2.75) is 45.2 Å². The van der Waals surface area contributed by atoms with Gasteiger partial charge in [0.25, 0.3) is 0 Å². The van der Waals surface area contributed by atoms with Crippen LogP contribution in [-0.2, 0) is 9.53 Å². The molecule has 0 unspecified atom stereocenters. The van der Waals surface area contributed by atoms with Crippen molar-refractivity contribution in [1.29, 1.82) is 0 Å². The highest BCUT2D eigenvalue weighted by molar-refractivity contribution is 5.70. The standard InChI is InChI=1S/C16H23NO2/c1-3-19-16(18)12-15-10-7-11-17(15)13(2)14-8-5-4-6-9-14/h4-6,8-9,13,15H,3,7,10-12H2,1-2H3/t13-,15+/m0/s1. The smallest absolute Gasteiger partial charge is 0.307 e. The number of likely N-dealkylation sites (tertiary alicyclic amines) is 1. The normalized spacial score (nSPS) is 21.3. The molecule has 0 bridgehead atoms. The van der Waals surface area contributed by atoms with E-state index in [1.54, 1.807) is 0 Å². The van der Waals surface area contributed by atoms with Crippen molar-refractivity contribution in [2.75, 3.05) is 13.2 Å². The average molecular weight is 261 g/mol. The molecule has 2 atom stereocenters. The monoisotopic (exact) mass is 261 g/mol. The van der Waals surface area contributed by atoms with Crippen LogP contribution in [0.2, 0.25) is 0 Å². The van der Waals surface area contributed by atoms with E-state index in [0.717, 1.165) is 13.0 Å². The molecule has 1 saturated heterocycles. The van der Waals surface area contributed by atoms with Crippen LogP contribution in [0.1, 0.15) is 44.7 Å². The van der Waals surface area contributed by atoms with Gasteiger partial charge in [0.2, 0.25) is 0 Å². The number of hydrogen-bond donors (Lipinski definition) is 0. The summed E-state index contributed by atoms with van der Waals surface area (Å²) in [4.78, 5) is 14.1. The lowest BCUT2D eigenvalue weighted by atomic mass is 10.0. The van der Waals surface area contributed by atoms with Crippen molar-refractivity contribution in [1.82, 2.24) is 4.90 Å². The predicted octanol–water partition coefficient (Wildman–Crippen LogP) is 3.17. The van der Waals surface area contributed by atoms with Gasteiger partial charge in [0, 0.05) is 12.1 Å². The Balaban J connectivity index is 2.00. The van der Waals surface area contributed by atoms with Crippen molar-refractivity contribution in [2.24, 2.45) is 0 Å². The van der Waals surface area contributed by atoms with E-state index in [2.05, 4.69) is 36.1 Å². The molecule has 1 aromatic rings. The molecular weight excluding hydrogens is 238 g/mol. The average Bonchev–Trinajstić information content (AvgIpc) is 2.87. The Kier molecular flexibility index (Phi) is 4.97. The third kappa shape index (κ3) is 3.57. The third-order valence-electron chi connectivity index (χ3n) is 3.91. The quantitative estimate of drug-likeness (QED) is 0.762. The van der Waals surface area contributed by atoms with Crippen LogP contribution >= 0.6 is 0 Å². The highest BCUT2D eigenvalue weighted by Gasteiger charge is 2.30. The Morgan fingerprint density at radius 2 is 2.16 bits per heavy atom. The molecule has 0 N–H and O–H groups in total. The molecule has 19 heavy (non-hydrogen) atoms. The van der Waals surface area contributed by atoms with E-state index in [1.165, 1.54) is 12.0 Å². The van der Waals surface area contributed by atoms with Crippen molar-refractivity contribution in [3.8, 4) is 0 Å². The number of benzene rings is 1. The number of rotatable bonds is 5. The fraction of sp³-hybridized carbons (Fsp3) is 0.562. The Hall–Kier alpha value is -1.35. The molecule has 104 valence electrons. The maximum atomic E-state index is 11.7. The number of carbonyl (C=O) groups excluding carboxylic acids is 1. The first kappa shape index (κ1) is 14.1. The summed E-state index contributed by atoms with van der Waals surface area (Å²) in [6.45, 7) is 5.62.